The van der Waals surface area contributed by atoms with Crippen molar-refractivity contribution >= 4 is 0 Å². The third-order valence-corrected chi connectivity index (χ3v) is 4.72. The maximum atomic E-state index is 5.88. The Morgan fingerprint density at radius 2 is 1.93 bits per heavy atom. The van der Waals surface area contributed by atoms with E-state index in [9.17, 15) is 0 Å². The van der Waals surface area contributed by atoms with Crippen molar-refractivity contribution in [3.63, 3.8) is 0 Å². The van der Waals surface area contributed by atoms with Crippen LogP contribution in [-0.2, 0) is 0 Å². The van der Waals surface area contributed by atoms with Crippen LogP contribution in [0.1, 0.15) is 52.9 Å². The fourth-order valence-corrected chi connectivity index (χ4v) is 2.21. The fraction of sp³-hybridized carbons (Fsp3) is 1.00. The second kappa shape index (κ2) is 4.84. The first-order valence-corrected chi connectivity index (χ1v) is 6.37. The largest absolute Gasteiger partial charge is 0.330 e. The molecular weight excluding hydrogens is 184 g/mol. The lowest BCUT2D eigenvalue weighted by molar-refractivity contribution is 0.0785. The lowest BCUT2D eigenvalue weighted by atomic mass is 9.66. The Hall–Kier alpha value is -0.0800. The first kappa shape index (κ1) is 13.0. The molecule has 2 heteroatoms. The van der Waals surface area contributed by atoms with Gasteiger partial charge in [0.2, 0.25) is 0 Å². The van der Waals surface area contributed by atoms with Crippen LogP contribution in [0.15, 0.2) is 0 Å². The minimum absolute atomic E-state index is 0.333. The van der Waals surface area contributed by atoms with Crippen LogP contribution in [0, 0.1) is 5.41 Å². The quantitative estimate of drug-likeness (QED) is 0.733. The lowest BCUT2D eigenvalue weighted by Gasteiger charge is -2.44. The summed E-state index contributed by atoms with van der Waals surface area (Å²) in [5, 5.41) is 0. The first-order chi connectivity index (χ1) is 6.96. The van der Waals surface area contributed by atoms with Gasteiger partial charge in [0, 0.05) is 5.54 Å². The van der Waals surface area contributed by atoms with Crippen LogP contribution in [0.3, 0.4) is 0 Å². The van der Waals surface area contributed by atoms with E-state index in [0.29, 0.717) is 11.0 Å². The number of nitrogens with two attached hydrogens (primary N) is 1. The van der Waals surface area contributed by atoms with Crippen molar-refractivity contribution in [2.75, 3.05) is 20.1 Å². The molecule has 1 aliphatic rings. The Morgan fingerprint density at radius 1 is 1.33 bits per heavy atom. The van der Waals surface area contributed by atoms with Gasteiger partial charge < -0.3 is 10.6 Å². The molecule has 1 rings (SSSR count). The van der Waals surface area contributed by atoms with Crippen LogP contribution < -0.4 is 5.73 Å². The first-order valence-electron chi connectivity index (χ1n) is 6.37. The van der Waals surface area contributed by atoms with Gasteiger partial charge in [-0.25, -0.2) is 0 Å². The molecule has 0 atom stereocenters. The second-order valence-electron chi connectivity index (χ2n) is 5.90. The molecule has 0 radical (unpaired) electrons. The molecule has 0 heterocycles. The molecule has 1 aliphatic carbocycles. The standard InChI is InChI=1S/C13H28N2/c1-5-12(2,3)15(4)10-9-13(11-14)7-6-8-13/h5-11,14H2,1-4H3. The van der Waals surface area contributed by atoms with Gasteiger partial charge in [0.15, 0.2) is 0 Å². The van der Waals surface area contributed by atoms with Crippen LogP contribution >= 0.6 is 0 Å². The average molecular weight is 212 g/mol. The van der Waals surface area contributed by atoms with Crippen LogP contribution in [0.4, 0.5) is 0 Å². The van der Waals surface area contributed by atoms with E-state index >= 15 is 0 Å². The molecule has 0 unspecified atom stereocenters. The zero-order chi connectivity index (χ0) is 11.5. The molecule has 0 bridgehead atoms. The summed E-state index contributed by atoms with van der Waals surface area (Å²) in [6, 6.07) is 0. The molecule has 0 aromatic carbocycles. The molecule has 1 fully saturated rings. The van der Waals surface area contributed by atoms with Gasteiger partial charge in [0.25, 0.3) is 0 Å². The molecule has 0 spiro atoms. The fourth-order valence-electron chi connectivity index (χ4n) is 2.21. The zero-order valence-corrected chi connectivity index (χ0v) is 11.0. The van der Waals surface area contributed by atoms with Crippen molar-refractivity contribution < 1.29 is 0 Å². The smallest absolute Gasteiger partial charge is 0.0147 e. The summed E-state index contributed by atoms with van der Waals surface area (Å²) in [7, 11) is 2.24. The van der Waals surface area contributed by atoms with E-state index in [1.807, 2.05) is 0 Å². The number of nitrogens with zero attached hydrogens (tertiary/aromatic N) is 1. The van der Waals surface area contributed by atoms with Crippen LogP contribution in [0.5, 0.6) is 0 Å². The van der Waals surface area contributed by atoms with Crippen LogP contribution in [-0.4, -0.2) is 30.6 Å². The highest BCUT2D eigenvalue weighted by Gasteiger charge is 2.36. The Kier molecular flexibility index (Phi) is 4.19. The molecule has 0 aromatic heterocycles. The highest BCUT2D eigenvalue weighted by molar-refractivity contribution is 4.90. The summed E-state index contributed by atoms with van der Waals surface area (Å²) in [6.45, 7) is 8.98. The topological polar surface area (TPSA) is 29.3 Å². The van der Waals surface area contributed by atoms with E-state index in [4.69, 9.17) is 5.73 Å². The Labute approximate surface area is 95.2 Å². The van der Waals surface area contributed by atoms with E-state index in [0.717, 1.165) is 6.54 Å². The molecule has 0 saturated heterocycles. The summed E-state index contributed by atoms with van der Waals surface area (Å²) >= 11 is 0. The monoisotopic (exact) mass is 212 g/mol. The third kappa shape index (κ3) is 2.94. The third-order valence-electron chi connectivity index (χ3n) is 4.72. The predicted molar refractivity (Wildman–Crippen MR) is 67.0 cm³/mol. The van der Waals surface area contributed by atoms with Crippen molar-refractivity contribution in [1.82, 2.24) is 4.90 Å². The maximum absolute atomic E-state index is 5.88. The van der Waals surface area contributed by atoms with Gasteiger partial charge in [-0.15, -0.1) is 0 Å². The molecule has 0 amide bonds. The van der Waals surface area contributed by atoms with E-state index in [2.05, 4.69) is 32.7 Å². The summed E-state index contributed by atoms with van der Waals surface area (Å²) in [5.74, 6) is 0. The lowest BCUT2D eigenvalue weighted by Crippen LogP contribution is -2.45. The summed E-state index contributed by atoms with van der Waals surface area (Å²) in [5.41, 5.74) is 6.71. The maximum Gasteiger partial charge on any atom is 0.0147 e. The van der Waals surface area contributed by atoms with Gasteiger partial charge >= 0.3 is 0 Å². The molecular formula is C13H28N2. The summed E-state index contributed by atoms with van der Waals surface area (Å²) < 4.78 is 0. The van der Waals surface area contributed by atoms with E-state index in [-0.39, 0.29) is 0 Å². The minimum Gasteiger partial charge on any atom is -0.330 e. The zero-order valence-electron chi connectivity index (χ0n) is 11.0. The van der Waals surface area contributed by atoms with Crippen molar-refractivity contribution in [1.29, 1.82) is 0 Å². The molecule has 2 N–H and O–H groups in total. The van der Waals surface area contributed by atoms with E-state index < -0.39 is 0 Å². The van der Waals surface area contributed by atoms with Gasteiger partial charge in [-0.1, -0.05) is 13.3 Å². The molecule has 0 aliphatic heterocycles. The molecule has 15 heavy (non-hydrogen) atoms. The van der Waals surface area contributed by atoms with Gasteiger partial charge in [-0.05, 0) is 65.1 Å². The average Bonchev–Trinajstić information content (AvgIpc) is 2.16. The van der Waals surface area contributed by atoms with Crippen LogP contribution in [0.2, 0.25) is 0 Å². The minimum atomic E-state index is 0.333. The van der Waals surface area contributed by atoms with Gasteiger partial charge in [0.1, 0.15) is 0 Å². The predicted octanol–water partition coefficient (Wildman–Crippen LogP) is 2.63. The van der Waals surface area contributed by atoms with Crippen LogP contribution in [0.25, 0.3) is 0 Å². The molecule has 90 valence electrons. The number of rotatable bonds is 6. The van der Waals surface area contributed by atoms with Gasteiger partial charge in [-0.3, -0.25) is 0 Å². The van der Waals surface area contributed by atoms with E-state index in [1.165, 1.54) is 38.6 Å². The van der Waals surface area contributed by atoms with Gasteiger partial charge in [0.05, 0.1) is 0 Å². The second-order valence-corrected chi connectivity index (χ2v) is 5.90. The number of hydrogen-bond donors (Lipinski definition) is 1. The molecule has 1 saturated carbocycles. The SMILES string of the molecule is CCC(C)(C)N(C)CCC1(CN)CCC1. The van der Waals surface area contributed by atoms with Crippen molar-refractivity contribution in [2.24, 2.45) is 11.1 Å². The van der Waals surface area contributed by atoms with Crippen molar-refractivity contribution in [3.05, 3.63) is 0 Å². The Balaban J connectivity index is 2.36. The highest BCUT2D eigenvalue weighted by atomic mass is 15.2. The van der Waals surface area contributed by atoms with E-state index in [1.54, 1.807) is 0 Å². The van der Waals surface area contributed by atoms with Crippen molar-refractivity contribution in [3.8, 4) is 0 Å². The van der Waals surface area contributed by atoms with Gasteiger partial charge in [-0.2, -0.15) is 0 Å². The summed E-state index contributed by atoms with van der Waals surface area (Å²) in [6.07, 6.45) is 6.58. The molecule has 0 aromatic rings. The normalized spacial score (nSPS) is 20.4. The Bertz CT molecular complexity index is 189. The summed E-state index contributed by atoms with van der Waals surface area (Å²) in [4.78, 5) is 2.49. The van der Waals surface area contributed by atoms with Crippen molar-refractivity contribution in [2.45, 2.75) is 58.4 Å². The number of hydrogen-bond acceptors (Lipinski definition) is 2. The Morgan fingerprint density at radius 3 is 2.27 bits per heavy atom. The highest BCUT2D eigenvalue weighted by Crippen LogP contribution is 2.43. The molecule has 2 nitrogen and oxygen atoms in total.